The molecule has 0 saturated carbocycles. The molecule has 1 aliphatic rings. The fourth-order valence-corrected chi connectivity index (χ4v) is 2.52. The SMILES string of the molecule is [C-]#[N+]c1ccc(OC2=CC(=O)N(CCCCCC(=O)C(C)C)C2=O)cc1. The second-order valence-corrected chi connectivity index (χ2v) is 6.44. The van der Waals surface area contributed by atoms with Crippen LogP contribution in [0.1, 0.15) is 39.5 Å². The van der Waals surface area contributed by atoms with Crippen LogP contribution in [0.5, 0.6) is 5.75 Å². The van der Waals surface area contributed by atoms with Gasteiger partial charge in [0.05, 0.1) is 12.6 Å². The topological polar surface area (TPSA) is 68.0 Å². The Kier molecular flexibility index (Phi) is 6.67. The van der Waals surface area contributed by atoms with Crippen molar-refractivity contribution < 1.29 is 19.1 Å². The van der Waals surface area contributed by atoms with Crippen molar-refractivity contribution in [2.75, 3.05) is 6.54 Å². The van der Waals surface area contributed by atoms with Crippen LogP contribution in [0.15, 0.2) is 36.1 Å². The van der Waals surface area contributed by atoms with Crippen LogP contribution in [0, 0.1) is 12.5 Å². The van der Waals surface area contributed by atoms with E-state index in [1.54, 1.807) is 24.3 Å². The molecule has 1 heterocycles. The summed E-state index contributed by atoms with van der Waals surface area (Å²) in [6.07, 6.45) is 3.92. The Hall–Kier alpha value is -2.94. The first kappa shape index (κ1) is 19.4. The number of carbonyl (C=O) groups excluding carboxylic acids is 3. The summed E-state index contributed by atoms with van der Waals surface area (Å²) >= 11 is 0. The summed E-state index contributed by atoms with van der Waals surface area (Å²) < 4.78 is 5.47. The molecule has 1 aromatic carbocycles. The van der Waals surface area contributed by atoms with E-state index in [0.717, 1.165) is 17.7 Å². The Bertz CT molecular complexity index is 757. The van der Waals surface area contributed by atoms with E-state index < -0.39 is 5.91 Å². The molecule has 0 aliphatic carbocycles. The molecule has 136 valence electrons. The zero-order valence-corrected chi connectivity index (χ0v) is 15.0. The van der Waals surface area contributed by atoms with Crippen molar-refractivity contribution in [3.05, 3.63) is 47.5 Å². The molecule has 0 fully saturated rings. The van der Waals surface area contributed by atoms with Gasteiger partial charge in [-0.15, -0.1) is 0 Å². The van der Waals surface area contributed by atoms with Crippen LogP contribution in [-0.4, -0.2) is 29.0 Å². The van der Waals surface area contributed by atoms with Gasteiger partial charge in [0.1, 0.15) is 11.5 Å². The summed E-state index contributed by atoms with van der Waals surface area (Å²) in [5, 5.41) is 0. The van der Waals surface area contributed by atoms with Gasteiger partial charge in [-0.25, -0.2) is 4.85 Å². The molecule has 0 saturated heterocycles. The number of imide groups is 1. The molecule has 0 bridgehead atoms. The Morgan fingerprint density at radius 2 is 1.85 bits per heavy atom. The van der Waals surface area contributed by atoms with E-state index in [1.807, 2.05) is 13.8 Å². The lowest BCUT2D eigenvalue weighted by molar-refractivity contribution is -0.138. The molecule has 6 heteroatoms. The van der Waals surface area contributed by atoms with Gasteiger partial charge < -0.3 is 4.74 Å². The van der Waals surface area contributed by atoms with Crippen LogP contribution in [0.3, 0.4) is 0 Å². The first-order chi connectivity index (χ1) is 12.4. The number of ether oxygens (including phenoxy) is 1. The first-order valence-electron chi connectivity index (χ1n) is 8.68. The lowest BCUT2D eigenvalue weighted by Gasteiger charge is -2.14. The number of unbranched alkanes of at least 4 members (excludes halogenated alkanes) is 2. The number of hydrogen-bond donors (Lipinski definition) is 0. The number of nitrogens with zero attached hydrogens (tertiary/aromatic N) is 2. The molecule has 2 amide bonds. The highest BCUT2D eigenvalue weighted by atomic mass is 16.5. The zero-order valence-electron chi connectivity index (χ0n) is 15.0. The van der Waals surface area contributed by atoms with Gasteiger partial charge in [-0.05, 0) is 25.0 Å². The third-order valence-electron chi connectivity index (χ3n) is 4.12. The number of benzene rings is 1. The molecular formula is C20H22N2O4. The summed E-state index contributed by atoms with van der Waals surface area (Å²) in [5.74, 6) is -0.174. The quantitative estimate of drug-likeness (QED) is 0.386. The first-order valence-corrected chi connectivity index (χ1v) is 8.68. The Morgan fingerprint density at radius 3 is 2.46 bits per heavy atom. The molecule has 1 aliphatic heterocycles. The second-order valence-electron chi connectivity index (χ2n) is 6.44. The van der Waals surface area contributed by atoms with E-state index in [2.05, 4.69) is 4.85 Å². The number of rotatable bonds is 9. The smallest absolute Gasteiger partial charge is 0.296 e. The maximum atomic E-state index is 12.3. The molecule has 6 nitrogen and oxygen atoms in total. The van der Waals surface area contributed by atoms with Crippen LogP contribution in [0.2, 0.25) is 0 Å². The monoisotopic (exact) mass is 354 g/mol. The predicted octanol–water partition coefficient (Wildman–Crippen LogP) is 3.65. The normalized spacial score (nSPS) is 13.8. The summed E-state index contributed by atoms with van der Waals surface area (Å²) in [5.41, 5.74) is 0.470. The van der Waals surface area contributed by atoms with E-state index in [1.165, 1.54) is 6.08 Å². The largest absolute Gasteiger partial charge is 0.451 e. The standard InChI is InChI=1S/C20H22N2O4/c1-14(2)17(23)7-5-4-6-12-22-19(24)13-18(20(22)25)26-16-10-8-15(21-3)9-11-16/h8-11,13-14H,4-7,12H2,1-2H3. The highest BCUT2D eigenvalue weighted by Crippen LogP contribution is 2.23. The van der Waals surface area contributed by atoms with Crippen molar-refractivity contribution in [3.8, 4) is 5.75 Å². The van der Waals surface area contributed by atoms with E-state index in [4.69, 9.17) is 11.3 Å². The molecule has 2 rings (SSSR count). The number of ketones is 1. The maximum Gasteiger partial charge on any atom is 0.296 e. The summed E-state index contributed by atoms with van der Waals surface area (Å²) in [6, 6.07) is 6.33. The van der Waals surface area contributed by atoms with Gasteiger partial charge >= 0.3 is 0 Å². The predicted molar refractivity (Wildman–Crippen MR) is 96.4 cm³/mol. The van der Waals surface area contributed by atoms with Gasteiger partial charge in [0, 0.05) is 18.9 Å². The zero-order chi connectivity index (χ0) is 19.1. The number of Topliss-reactive ketones (excluding diaryl/α,β-unsaturated/α-hetero) is 1. The van der Waals surface area contributed by atoms with Crippen molar-refractivity contribution in [3.63, 3.8) is 0 Å². The van der Waals surface area contributed by atoms with Crippen molar-refractivity contribution in [1.82, 2.24) is 4.90 Å². The van der Waals surface area contributed by atoms with Crippen LogP contribution >= 0.6 is 0 Å². The summed E-state index contributed by atoms with van der Waals surface area (Å²) in [4.78, 5) is 40.3. The Morgan fingerprint density at radius 1 is 1.15 bits per heavy atom. The van der Waals surface area contributed by atoms with Crippen LogP contribution in [-0.2, 0) is 14.4 Å². The van der Waals surface area contributed by atoms with Gasteiger partial charge in [-0.1, -0.05) is 32.4 Å². The number of amides is 2. The minimum atomic E-state index is -0.456. The molecule has 0 aromatic heterocycles. The average Bonchev–Trinajstić information content (AvgIpc) is 2.89. The molecule has 0 atom stereocenters. The highest BCUT2D eigenvalue weighted by Gasteiger charge is 2.32. The summed E-state index contributed by atoms with van der Waals surface area (Å²) in [6.45, 7) is 11.0. The minimum absolute atomic E-state index is 0.0134. The van der Waals surface area contributed by atoms with E-state index in [-0.39, 0.29) is 23.4 Å². The molecule has 0 radical (unpaired) electrons. The van der Waals surface area contributed by atoms with Crippen LogP contribution in [0.4, 0.5) is 5.69 Å². The van der Waals surface area contributed by atoms with Crippen molar-refractivity contribution >= 4 is 23.3 Å². The summed E-state index contributed by atoms with van der Waals surface area (Å²) in [7, 11) is 0. The van der Waals surface area contributed by atoms with E-state index >= 15 is 0 Å². The molecule has 26 heavy (non-hydrogen) atoms. The third-order valence-corrected chi connectivity index (χ3v) is 4.12. The van der Waals surface area contributed by atoms with Crippen LogP contribution < -0.4 is 4.74 Å². The minimum Gasteiger partial charge on any atom is -0.451 e. The highest BCUT2D eigenvalue weighted by molar-refractivity contribution is 6.15. The van der Waals surface area contributed by atoms with Gasteiger partial charge in [-0.2, -0.15) is 0 Å². The van der Waals surface area contributed by atoms with Gasteiger partial charge in [0.15, 0.2) is 11.4 Å². The molecule has 0 spiro atoms. The van der Waals surface area contributed by atoms with Crippen molar-refractivity contribution in [2.24, 2.45) is 5.92 Å². The van der Waals surface area contributed by atoms with Crippen LogP contribution in [0.25, 0.3) is 4.85 Å². The Labute approximate surface area is 153 Å². The van der Waals surface area contributed by atoms with Crippen molar-refractivity contribution in [1.29, 1.82) is 0 Å². The fourth-order valence-electron chi connectivity index (χ4n) is 2.52. The van der Waals surface area contributed by atoms with Crippen molar-refractivity contribution in [2.45, 2.75) is 39.5 Å². The lowest BCUT2D eigenvalue weighted by atomic mass is 10.0. The fraction of sp³-hybridized carbons (Fsp3) is 0.400. The third kappa shape index (κ3) is 5.03. The lowest BCUT2D eigenvalue weighted by Crippen LogP contribution is -2.32. The van der Waals surface area contributed by atoms with E-state index in [9.17, 15) is 14.4 Å². The Balaban J connectivity index is 1.80. The van der Waals surface area contributed by atoms with Gasteiger partial charge in [0.25, 0.3) is 11.8 Å². The number of hydrogen-bond acceptors (Lipinski definition) is 4. The van der Waals surface area contributed by atoms with Gasteiger partial charge in [0.2, 0.25) is 0 Å². The molecule has 0 N–H and O–H groups in total. The molecule has 0 unspecified atom stereocenters. The maximum absolute atomic E-state index is 12.3. The molecule has 1 aromatic rings. The molecular weight excluding hydrogens is 332 g/mol. The van der Waals surface area contributed by atoms with E-state index in [0.29, 0.717) is 30.8 Å². The second kappa shape index (κ2) is 8.95. The van der Waals surface area contributed by atoms with Gasteiger partial charge in [-0.3, -0.25) is 19.3 Å². The average molecular weight is 354 g/mol. The number of carbonyl (C=O) groups is 3.